The van der Waals surface area contributed by atoms with Crippen molar-refractivity contribution in [3.8, 4) is 5.75 Å². The maximum atomic E-state index is 11.6. The van der Waals surface area contributed by atoms with Gasteiger partial charge in [0.05, 0.1) is 12.7 Å². The van der Waals surface area contributed by atoms with Crippen LogP contribution >= 0.6 is 0 Å². The summed E-state index contributed by atoms with van der Waals surface area (Å²) in [6.45, 7) is 6.46. The predicted molar refractivity (Wildman–Crippen MR) is 117 cm³/mol. The molecule has 1 fully saturated rings. The van der Waals surface area contributed by atoms with E-state index in [-0.39, 0.29) is 18.7 Å². The second-order valence-corrected chi connectivity index (χ2v) is 8.62. The van der Waals surface area contributed by atoms with Crippen molar-refractivity contribution < 1.29 is 19.4 Å². The lowest BCUT2D eigenvalue weighted by atomic mass is 9.92. The molecule has 0 saturated heterocycles. The highest BCUT2D eigenvalue weighted by molar-refractivity contribution is 5.71. The van der Waals surface area contributed by atoms with Crippen molar-refractivity contribution >= 4 is 5.97 Å². The number of hydrogen-bond donors (Lipinski definition) is 1. The lowest BCUT2D eigenvalue weighted by molar-refractivity contribution is -0.145. The molecule has 4 heteroatoms. The average Bonchev–Trinajstić information content (AvgIpc) is 3.15. The van der Waals surface area contributed by atoms with Crippen LogP contribution in [-0.4, -0.2) is 30.4 Å². The quantitative estimate of drug-likeness (QED) is 0.342. The van der Waals surface area contributed by atoms with Crippen molar-refractivity contribution in [2.75, 3.05) is 13.2 Å². The van der Waals surface area contributed by atoms with Gasteiger partial charge in [-0.15, -0.1) is 0 Å². The van der Waals surface area contributed by atoms with Crippen LogP contribution in [0.25, 0.3) is 0 Å². The van der Waals surface area contributed by atoms with E-state index in [9.17, 15) is 9.90 Å². The van der Waals surface area contributed by atoms with Crippen LogP contribution in [0.4, 0.5) is 0 Å². The molecule has 0 aromatic heterocycles. The van der Waals surface area contributed by atoms with E-state index in [0.29, 0.717) is 12.5 Å². The molecule has 1 aromatic rings. The van der Waals surface area contributed by atoms with Crippen molar-refractivity contribution in [3.05, 3.63) is 29.3 Å². The van der Waals surface area contributed by atoms with E-state index in [1.807, 2.05) is 12.1 Å². The van der Waals surface area contributed by atoms with E-state index in [0.717, 1.165) is 43.8 Å². The highest BCUT2D eigenvalue weighted by Crippen LogP contribution is 2.38. The number of aryl methyl sites for hydroxylation is 1. The summed E-state index contributed by atoms with van der Waals surface area (Å²) in [6, 6.07) is 6.06. The van der Waals surface area contributed by atoms with Crippen LogP contribution in [0.15, 0.2) is 18.2 Å². The molecular weight excluding hydrogens is 364 g/mol. The number of rotatable bonds is 13. The van der Waals surface area contributed by atoms with Gasteiger partial charge in [0.15, 0.2) is 6.61 Å². The van der Waals surface area contributed by atoms with Gasteiger partial charge < -0.3 is 14.6 Å². The van der Waals surface area contributed by atoms with E-state index >= 15 is 0 Å². The highest BCUT2D eigenvalue weighted by Gasteiger charge is 2.26. The summed E-state index contributed by atoms with van der Waals surface area (Å²) >= 11 is 0. The van der Waals surface area contributed by atoms with Gasteiger partial charge in [0.2, 0.25) is 0 Å². The van der Waals surface area contributed by atoms with Gasteiger partial charge in [0, 0.05) is 0 Å². The molecule has 1 saturated carbocycles. The van der Waals surface area contributed by atoms with Crippen LogP contribution in [0.1, 0.15) is 82.8 Å². The van der Waals surface area contributed by atoms with Gasteiger partial charge >= 0.3 is 5.97 Å². The Balaban J connectivity index is 1.82. The first-order chi connectivity index (χ1) is 14.0. The number of hydrogen-bond acceptors (Lipinski definition) is 4. The predicted octanol–water partition coefficient (Wildman–Crippen LogP) is 5.62. The molecule has 1 N–H and O–H groups in total. The van der Waals surface area contributed by atoms with Gasteiger partial charge in [-0.05, 0) is 81.4 Å². The van der Waals surface area contributed by atoms with Crippen molar-refractivity contribution in [3.63, 3.8) is 0 Å². The zero-order valence-electron chi connectivity index (χ0n) is 18.6. The fourth-order valence-electron chi connectivity index (χ4n) is 4.53. The minimum absolute atomic E-state index is 0.0342. The van der Waals surface area contributed by atoms with Gasteiger partial charge in [-0.25, -0.2) is 4.79 Å². The summed E-state index contributed by atoms with van der Waals surface area (Å²) < 4.78 is 10.8. The van der Waals surface area contributed by atoms with E-state index < -0.39 is 0 Å². The number of ether oxygens (including phenoxy) is 2. The van der Waals surface area contributed by atoms with Crippen LogP contribution < -0.4 is 4.74 Å². The number of carbonyl (C=O) groups is 1. The SMILES string of the molecule is CCCCC[C@H](O)CC[C@H]1CC[C@H](Cc2c(C)cccc2OCC(=O)OCC)C1. The summed E-state index contributed by atoms with van der Waals surface area (Å²) in [5.41, 5.74) is 2.45. The molecule has 1 aliphatic rings. The normalized spacial score (nSPS) is 19.9. The molecule has 164 valence electrons. The van der Waals surface area contributed by atoms with Gasteiger partial charge in [0.1, 0.15) is 5.75 Å². The van der Waals surface area contributed by atoms with Crippen molar-refractivity contribution in [1.29, 1.82) is 0 Å². The zero-order valence-corrected chi connectivity index (χ0v) is 18.6. The molecule has 0 aliphatic heterocycles. The minimum Gasteiger partial charge on any atom is -0.482 e. The van der Waals surface area contributed by atoms with E-state index in [1.165, 1.54) is 43.2 Å². The lowest BCUT2D eigenvalue weighted by Gasteiger charge is -2.18. The number of carbonyl (C=O) groups excluding carboxylic acids is 1. The third-order valence-corrected chi connectivity index (χ3v) is 6.21. The Hall–Kier alpha value is -1.55. The van der Waals surface area contributed by atoms with Gasteiger partial charge in [0.25, 0.3) is 0 Å². The van der Waals surface area contributed by atoms with Crippen molar-refractivity contribution in [2.45, 2.75) is 91.1 Å². The Morgan fingerprint density at radius 1 is 1.17 bits per heavy atom. The second-order valence-electron chi connectivity index (χ2n) is 8.62. The fraction of sp³-hybridized carbons (Fsp3) is 0.720. The van der Waals surface area contributed by atoms with Gasteiger partial charge in [-0.1, -0.05) is 44.7 Å². The Morgan fingerprint density at radius 2 is 1.97 bits per heavy atom. The summed E-state index contributed by atoms with van der Waals surface area (Å²) in [4.78, 5) is 11.6. The van der Waals surface area contributed by atoms with Crippen LogP contribution in [0.5, 0.6) is 5.75 Å². The Kier molecular flexibility index (Phi) is 10.5. The topological polar surface area (TPSA) is 55.8 Å². The standard InChI is InChI=1S/C25H40O4/c1-4-6-7-10-22(26)15-14-20-12-13-21(16-20)17-23-19(3)9-8-11-24(23)29-18-25(27)28-5-2/h8-9,11,20-22,26H,4-7,10,12-18H2,1-3H3/t20-,21+,22+/m1/s1. The van der Waals surface area contributed by atoms with Crippen molar-refractivity contribution in [2.24, 2.45) is 11.8 Å². The Bertz CT molecular complexity index is 613. The molecule has 0 amide bonds. The van der Waals surface area contributed by atoms with E-state index in [4.69, 9.17) is 9.47 Å². The minimum atomic E-state index is -0.321. The first-order valence-electron chi connectivity index (χ1n) is 11.6. The maximum Gasteiger partial charge on any atom is 0.344 e. The molecule has 4 nitrogen and oxygen atoms in total. The van der Waals surface area contributed by atoms with Crippen molar-refractivity contribution in [1.82, 2.24) is 0 Å². The third kappa shape index (κ3) is 8.38. The highest BCUT2D eigenvalue weighted by atomic mass is 16.6. The molecule has 1 aliphatic carbocycles. The third-order valence-electron chi connectivity index (χ3n) is 6.21. The Labute approximate surface area is 177 Å². The number of benzene rings is 1. The summed E-state index contributed by atoms with van der Waals surface area (Å²) in [5.74, 6) is 1.88. The molecule has 2 rings (SSSR count). The first kappa shape index (κ1) is 23.7. The zero-order chi connectivity index (χ0) is 21.1. The van der Waals surface area contributed by atoms with Crippen LogP contribution in [0.3, 0.4) is 0 Å². The van der Waals surface area contributed by atoms with Crippen LogP contribution in [0.2, 0.25) is 0 Å². The number of aliphatic hydroxyl groups excluding tert-OH is 1. The molecule has 1 aromatic carbocycles. The molecule has 3 atom stereocenters. The van der Waals surface area contributed by atoms with E-state index in [2.05, 4.69) is 19.9 Å². The average molecular weight is 405 g/mol. The number of aliphatic hydroxyl groups is 1. The summed E-state index contributed by atoms with van der Waals surface area (Å²) in [6.07, 6.45) is 11.2. The molecule has 0 unspecified atom stereocenters. The van der Waals surface area contributed by atoms with Crippen LogP contribution in [0, 0.1) is 18.8 Å². The molecular formula is C25H40O4. The number of unbranched alkanes of at least 4 members (excludes halogenated alkanes) is 2. The van der Waals surface area contributed by atoms with Crippen LogP contribution in [-0.2, 0) is 16.0 Å². The Morgan fingerprint density at radius 3 is 2.72 bits per heavy atom. The molecule has 29 heavy (non-hydrogen) atoms. The van der Waals surface area contributed by atoms with Gasteiger partial charge in [-0.3, -0.25) is 0 Å². The molecule has 0 bridgehead atoms. The fourth-order valence-corrected chi connectivity index (χ4v) is 4.53. The molecule has 0 radical (unpaired) electrons. The first-order valence-corrected chi connectivity index (χ1v) is 11.6. The summed E-state index contributed by atoms with van der Waals surface area (Å²) in [7, 11) is 0. The van der Waals surface area contributed by atoms with Gasteiger partial charge in [-0.2, -0.15) is 0 Å². The second kappa shape index (κ2) is 12.9. The lowest BCUT2D eigenvalue weighted by Crippen LogP contribution is -2.16. The number of esters is 1. The summed E-state index contributed by atoms with van der Waals surface area (Å²) in [5, 5.41) is 10.2. The largest absolute Gasteiger partial charge is 0.482 e. The molecule has 0 heterocycles. The molecule has 0 spiro atoms. The smallest absolute Gasteiger partial charge is 0.344 e. The van der Waals surface area contributed by atoms with E-state index in [1.54, 1.807) is 6.92 Å². The maximum absolute atomic E-state index is 11.6. The monoisotopic (exact) mass is 404 g/mol.